The molecular formula is C17H19FINO. The Kier molecular flexibility index (Phi) is 5.99. The molecule has 0 saturated heterocycles. The van der Waals surface area contributed by atoms with Crippen LogP contribution in [-0.2, 0) is 6.61 Å². The molecule has 0 fully saturated rings. The van der Waals surface area contributed by atoms with Crippen molar-refractivity contribution in [3.63, 3.8) is 0 Å². The standard InChI is InChI=1S/C17H19FINO/c1-3-20-12(2)14-6-9-17(16(18)10-14)21-11-13-4-7-15(19)8-5-13/h4-10,12,20H,3,11H2,1-2H3. The average Bonchev–Trinajstić information content (AvgIpc) is 2.48. The first-order valence-corrected chi connectivity index (χ1v) is 8.08. The van der Waals surface area contributed by atoms with E-state index in [9.17, 15) is 4.39 Å². The van der Waals surface area contributed by atoms with Crippen molar-refractivity contribution in [3.05, 3.63) is 63.0 Å². The number of ether oxygens (including phenoxy) is 1. The highest BCUT2D eigenvalue weighted by Crippen LogP contribution is 2.23. The van der Waals surface area contributed by atoms with Crippen LogP contribution in [-0.4, -0.2) is 6.54 Å². The molecule has 0 aliphatic heterocycles. The molecule has 2 aromatic rings. The van der Waals surface area contributed by atoms with E-state index in [0.717, 1.165) is 17.7 Å². The molecule has 1 atom stereocenters. The minimum absolute atomic E-state index is 0.134. The Bertz CT molecular complexity index is 586. The molecule has 1 unspecified atom stereocenters. The van der Waals surface area contributed by atoms with Gasteiger partial charge >= 0.3 is 0 Å². The highest BCUT2D eigenvalue weighted by Gasteiger charge is 2.09. The van der Waals surface area contributed by atoms with Gasteiger partial charge in [0.05, 0.1) is 0 Å². The summed E-state index contributed by atoms with van der Waals surface area (Å²) in [6.07, 6.45) is 0. The van der Waals surface area contributed by atoms with E-state index in [1.165, 1.54) is 9.64 Å². The van der Waals surface area contributed by atoms with Gasteiger partial charge in [0, 0.05) is 9.61 Å². The monoisotopic (exact) mass is 399 g/mol. The van der Waals surface area contributed by atoms with Crippen molar-refractivity contribution < 1.29 is 9.13 Å². The van der Waals surface area contributed by atoms with Crippen molar-refractivity contribution in [2.75, 3.05) is 6.54 Å². The van der Waals surface area contributed by atoms with Crippen LogP contribution in [0.3, 0.4) is 0 Å². The maximum absolute atomic E-state index is 14.1. The fourth-order valence-electron chi connectivity index (χ4n) is 2.07. The van der Waals surface area contributed by atoms with Gasteiger partial charge in [0.25, 0.3) is 0 Å². The lowest BCUT2D eigenvalue weighted by atomic mass is 10.1. The molecule has 0 heterocycles. The molecule has 4 heteroatoms. The van der Waals surface area contributed by atoms with Crippen LogP contribution in [0.5, 0.6) is 5.75 Å². The number of nitrogens with one attached hydrogen (secondary N) is 1. The predicted molar refractivity (Wildman–Crippen MR) is 92.0 cm³/mol. The molecule has 0 amide bonds. The molecule has 1 N–H and O–H groups in total. The van der Waals surface area contributed by atoms with E-state index in [-0.39, 0.29) is 11.9 Å². The van der Waals surface area contributed by atoms with Gasteiger partial charge < -0.3 is 10.1 Å². The SMILES string of the molecule is CCNC(C)c1ccc(OCc2ccc(I)cc2)c(F)c1. The summed E-state index contributed by atoms with van der Waals surface area (Å²) in [5.41, 5.74) is 1.95. The Labute approximate surface area is 138 Å². The highest BCUT2D eigenvalue weighted by molar-refractivity contribution is 14.1. The van der Waals surface area contributed by atoms with Crippen molar-refractivity contribution >= 4 is 22.6 Å². The van der Waals surface area contributed by atoms with Crippen molar-refractivity contribution in [1.29, 1.82) is 0 Å². The third-order valence-corrected chi connectivity index (χ3v) is 3.99. The lowest BCUT2D eigenvalue weighted by molar-refractivity contribution is 0.290. The molecule has 2 rings (SSSR count). The fraction of sp³-hybridized carbons (Fsp3) is 0.294. The Balaban J connectivity index is 2.02. The van der Waals surface area contributed by atoms with E-state index in [1.54, 1.807) is 6.07 Å². The predicted octanol–water partition coefficient (Wildman–Crippen LogP) is 4.68. The second-order valence-corrected chi connectivity index (χ2v) is 6.13. The Morgan fingerprint density at radius 3 is 2.52 bits per heavy atom. The molecular weight excluding hydrogens is 380 g/mol. The zero-order valence-corrected chi connectivity index (χ0v) is 14.4. The third-order valence-electron chi connectivity index (χ3n) is 3.27. The van der Waals surface area contributed by atoms with Crippen LogP contribution in [0.25, 0.3) is 0 Å². The summed E-state index contributed by atoms with van der Waals surface area (Å²) >= 11 is 2.25. The highest BCUT2D eigenvalue weighted by atomic mass is 127. The molecule has 112 valence electrons. The van der Waals surface area contributed by atoms with Crippen LogP contribution in [0, 0.1) is 9.39 Å². The zero-order valence-electron chi connectivity index (χ0n) is 12.2. The molecule has 0 saturated carbocycles. The van der Waals surface area contributed by atoms with Gasteiger partial charge in [-0.25, -0.2) is 4.39 Å². The summed E-state index contributed by atoms with van der Waals surface area (Å²) in [6.45, 7) is 5.28. The lowest BCUT2D eigenvalue weighted by Crippen LogP contribution is -2.17. The number of rotatable bonds is 6. The average molecular weight is 399 g/mol. The first-order chi connectivity index (χ1) is 10.1. The van der Waals surface area contributed by atoms with Gasteiger partial charge in [0.2, 0.25) is 0 Å². The molecule has 0 aromatic heterocycles. The van der Waals surface area contributed by atoms with Gasteiger partial charge in [0.1, 0.15) is 6.61 Å². The number of hydrogen-bond acceptors (Lipinski definition) is 2. The second kappa shape index (κ2) is 7.75. The minimum atomic E-state index is -0.317. The van der Waals surface area contributed by atoms with Gasteiger partial charge in [0.15, 0.2) is 11.6 Å². The zero-order chi connectivity index (χ0) is 15.2. The van der Waals surface area contributed by atoms with Crippen molar-refractivity contribution in [1.82, 2.24) is 5.32 Å². The van der Waals surface area contributed by atoms with Crippen LogP contribution in [0.2, 0.25) is 0 Å². The molecule has 2 nitrogen and oxygen atoms in total. The minimum Gasteiger partial charge on any atom is -0.486 e. The topological polar surface area (TPSA) is 21.3 Å². The van der Waals surface area contributed by atoms with Gasteiger partial charge in [-0.05, 0) is 71.5 Å². The fourth-order valence-corrected chi connectivity index (χ4v) is 2.43. The van der Waals surface area contributed by atoms with Crippen LogP contribution < -0.4 is 10.1 Å². The van der Waals surface area contributed by atoms with Crippen molar-refractivity contribution in [2.24, 2.45) is 0 Å². The summed E-state index contributed by atoms with van der Waals surface area (Å²) in [4.78, 5) is 0. The maximum Gasteiger partial charge on any atom is 0.165 e. The smallest absolute Gasteiger partial charge is 0.165 e. The first-order valence-electron chi connectivity index (χ1n) is 7.00. The van der Waals surface area contributed by atoms with E-state index in [1.807, 2.05) is 44.2 Å². The quantitative estimate of drug-likeness (QED) is 0.713. The largest absolute Gasteiger partial charge is 0.486 e. The van der Waals surface area contributed by atoms with Crippen LogP contribution in [0.1, 0.15) is 31.0 Å². The lowest BCUT2D eigenvalue weighted by Gasteiger charge is -2.14. The van der Waals surface area contributed by atoms with Gasteiger partial charge in [-0.15, -0.1) is 0 Å². The van der Waals surface area contributed by atoms with E-state index in [4.69, 9.17) is 4.74 Å². The third kappa shape index (κ3) is 4.68. The first kappa shape index (κ1) is 16.2. The molecule has 0 bridgehead atoms. The summed E-state index contributed by atoms with van der Waals surface area (Å²) in [5.74, 6) is -0.0243. The number of benzene rings is 2. The maximum atomic E-state index is 14.1. The Hall–Kier alpha value is -1.14. The van der Waals surface area contributed by atoms with Crippen molar-refractivity contribution in [2.45, 2.75) is 26.5 Å². The summed E-state index contributed by atoms with van der Waals surface area (Å²) in [6, 6.07) is 13.3. The summed E-state index contributed by atoms with van der Waals surface area (Å²) in [5, 5.41) is 3.26. The molecule has 0 aliphatic rings. The summed E-state index contributed by atoms with van der Waals surface area (Å²) < 4.78 is 20.8. The van der Waals surface area contributed by atoms with Crippen molar-refractivity contribution in [3.8, 4) is 5.75 Å². The van der Waals surface area contributed by atoms with Crippen LogP contribution >= 0.6 is 22.6 Å². The molecule has 0 radical (unpaired) electrons. The van der Waals surface area contributed by atoms with Crippen LogP contribution in [0.4, 0.5) is 4.39 Å². The molecule has 21 heavy (non-hydrogen) atoms. The molecule has 2 aromatic carbocycles. The Morgan fingerprint density at radius 2 is 1.90 bits per heavy atom. The second-order valence-electron chi connectivity index (χ2n) is 4.88. The Morgan fingerprint density at radius 1 is 1.19 bits per heavy atom. The number of halogens is 2. The van der Waals surface area contributed by atoms with Gasteiger partial charge in [-0.2, -0.15) is 0 Å². The molecule has 0 aliphatic carbocycles. The van der Waals surface area contributed by atoms with Gasteiger partial charge in [-0.3, -0.25) is 0 Å². The van der Waals surface area contributed by atoms with Crippen LogP contribution in [0.15, 0.2) is 42.5 Å². The number of hydrogen-bond donors (Lipinski definition) is 1. The van der Waals surface area contributed by atoms with E-state index in [0.29, 0.717) is 12.4 Å². The van der Waals surface area contributed by atoms with E-state index >= 15 is 0 Å². The van der Waals surface area contributed by atoms with E-state index in [2.05, 4.69) is 27.9 Å². The molecule has 0 spiro atoms. The van der Waals surface area contributed by atoms with Gasteiger partial charge in [-0.1, -0.05) is 25.1 Å². The van der Waals surface area contributed by atoms with E-state index < -0.39 is 0 Å². The summed E-state index contributed by atoms with van der Waals surface area (Å²) in [7, 11) is 0. The normalized spacial score (nSPS) is 12.2.